The summed E-state index contributed by atoms with van der Waals surface area (Å²) in [4.78, 5) is 0. The van der Waals surface area contributed by atoms with Gasteiger partial charge in [-0.05, 0) is 38.1 Å². The first-order valence-electron chi connectivity index (χ1n) is 7.96. The summed E-state index contributed by atoms with van der Waals surface area (Å²) in [6, 6.07) is 17.6. The summed E-state index contributed by atoms with van der Waals surface area (Å²) in [6.07, 6.45) is 0. The van der Waals surface area contributed by atoms with E-state index in [1.807, 2.05) is 35.0 Å². The number of hydrogen-bond acceptors (Lipinski definition) is 3. The van der Waals surface area contributed by atoms with Crippen LogP contribution in [0.15, 0.2) is 54.6 Å². The van der Waals surface area contributed by atoms with Crippen LogP contribution in [0.3, 0.4) is 0 Å². The molecule has 2 heterocycles. The molecule has 0 saturated heterocycles. The van der Waals surface area contributed by atoms with Gasteiger partial charge in [0.25, 0.3) is 0 Å². The molecule has 4 aromatic rings. The normalized spacial score (nSPS) is 11.5. The quantitative estimate of drug-likeness (QED) is 0.589. The fourth-order valence-corrected chi connectivity index (χ4v) is 2.95. The van der Waals surface area contributed by atoms with Gasteiger partial charge in [-0.15, -0.1) is 0 Å². The second-order valence-electron chi connectivity index (χ2n) is 6.09. The zero-order chi connectivity index (χ0) is 16.7. The van der Waals surface area contributed by atoms with E-state index >= 15 is 0 Å². The first-order valence-corrected chi connectivity index (χ1v) is 7.96. The van der Waals surface area contributed by atoms with Crippen LogP contribution >= 0.6 is 0 Å². The molecule has 0 atom stereocenters. The van der Waals surface area contributed by atoms with Gasteiger partial charge in [-0.2, -0.15) is 10.2 Å². The molecule has 0 fully saturated rings. The Balaban J connectivity index is 1.86. The molecule has 0 aliphatic rings. The Labute approximate surface area is 139 Å². The highest BCUT2D eigenvalue weighted by Crippen LogP contribution is 2.32. The van der Waals surface area contributed by atoms with Gasteiger partial charge >= 0.3 is 0 Å². The van der Waals surface area contributed by atoms with Gasteiger partial charge < -0.3 is 5.11 Å². The van der Waals surface area contributed by atoms with E-state index in [0.29, 0.717) is 11.3 Å². The third-order valence-corrected chi connectivity index (χ3v) is 4.12. The molecule has 120 valence electrons. The molecule has 0 amide bonds. The van der Waals surface area contributed by atoms with Gasteiger partial charge in [-0.3, -0.25) is 9.78 Å². The molecule has 0 spiro atoms. The molecule has 0 bridgehead atoms. The predicted octanol–water partition coefficient (Wildman–Crippen LogP) is 4.38. The molecule has 24 heavy (non-hydrogen) atoms. The number of aromatic nitrogens is 4. The standard InChI is InChI=1S/C19H18N4O/c1-12(2)23-17-9-5-3-8-14(17)19(22-23)16-11-15(20-21-16)13-7-4-6-10-18(13)24/h3-12,24H,1-2H3,(H,20,21). The lowest BCUT2D eigenvalue weighted by atomic mass is 10.1. The molecule has 5 heteroatoms. The number of hydrogen-bond donors (Lipinski definition) is 2. The summed E-state index contributed by atoms with van der Waals surface area (Å²) in [5.41, 5.74) is 4.21. The maximum Gasteiger partial charge on any atom is 0.125 e. The number of nitrogens with zero attached hydrogens (tertiary/aromatic N) is 3. The fourth-order valence-electron chi connectivity index (χ4n) is 2.95. The molecule has 0 radical (unpaired) electrons. The lowest BCUT2D eigenvalue weighted by Gasteiger charge is -2.05. The third-order valence-electron chi connectivity index (χ3n) is 4.12. The van der Waals surface area contributed by atoms with Gasteiger partial charge in [-0.1, -0.05) is 30.3 Å². The van der Waals surface area contributed by atoms with Gasteiger partial charge in [0.05, 0.1) is 16.9 Å². The first kappa shape index (κ1) is 14.5. The van der Waals surface area contributed by atoms with Crippen LogP contribution in [0.2, 0.25) is 0 Å². The van der Waals surface area contributed by atoms with Crippen LogP contribution in [-0.4, -0.2) is 25.1 Å². The summed E-state index contributed by atoms with van der Waals surface area (Å²) in [5.74, 6) is 0.216. The van der Waals surface area contributed by atoms with E-state index in [9.17, 15) is 5.11 Å². The minimum atomic E-state index is 0.216. The van der Waals surface area contributed by atoms with Crippen molar-refractivity contribution in [3.05, 3.63) is 54.6 Å². The summed E-state index contributed by atoms with van der Waals surface area (Å²) in [5, 5.41) is 23.3. The molecule has 2 aromatic heterocycles. The summed E-state index contributed by atoms with van der Waals surface area (Å²) in [6.45, 7) is 4.23. The first-order chi connectivity index (χ1) is 11.6. The number of benzene rings is 2. The van der Waals surface area contributed by atoms with E-state index in [1.54, 1.807) is 12.1 Å². The number of H-pyrrole nitrogens is 1. The number of phenolic OH excluding ortho intramolecular Hbond substituents is 1. The summed E-state index contributed by atoms with van der Waals surface area (Å²) >= 11 is 0. The number of aromatic hydroxyl groups is 1. The smallest absolute Gasteiger partial charge is 0.125 e. The van der Waals surface area contributed by atoms with Gasteiger partial charge in [0.15, 0.2) is 0 Å². The van der Waals surface area contributed by atoms with Crippen molar-refractivity contribution in [3.63, 3.8) is 0 Å². The molecule has 2 aromatic carbocycles. The molecule has 0 saturated carbocycles. The number of rotatable bonds is 3. The molecule has 0 aliphatic heterocycles. The van der Waals surface area contributed by atoms with Crippen molar-refractivity contribution < 1.29 is 5.11 Å². The van der Waals surface area contributed by atoms with Crippen molar-refractivity contribution in [3.8, 4) is 28.4 Å². The van der Waals surface area contributed by atoms with Crippen LogP contribution in [0.5, 0.6) is 5.75 Å². The van der Waals surface area contributed by atoms with E-state index in [0.717, 1.165) is 22.3 Å². The van der Waals surface area contributed by atoms with E-state index in [4.69, 9.17) is 5.10 Å². The van der Waals surface area contributed by atoms with Crippen LogP contribution < -0.4 is 0 Å². The Morgan fingerprint density at radius 3 is 2.58 bits per heavy atom. The SMILES string of the molecule is CC(C)n1nc(-c2cc(-c3ccccc3O)n[nH]2)c2ccccc21. The highest BCUT2D eigenvalue weighted by Gasteiger charge is 2.16. The zero-order valence-electron chi connectivity index (χ0n) is 13.6. The van der Waals surface area contributed by atoms with Gasteiger partial charge in [0.2, 0.25) is 0 Å². The van der Waals surface area contributed by atoms with Crippen LogP contribution in [-0.2, 0) is 0 Å². The van der Waals surface area contributed by atoms with Crippen LogP contribution in [0.25, 0.3) is 33.5 Å². The largest absolute Gasteiger partial charge is 0.507 e. The van der Waals surface area contributed by atoms with Crippen LogP contribution in [0.4, 0.5) is 0 Å². The third kappa shape index (κ3) is 2.25. The Morgan fingerprint density at radius 1 is 1.04 bits per heavy atom. The van der Waals surface area contributed by atoms with E-state index in [1.165, 1.54) is 0 Å². The predicted molar refractivity (Wildman–Crippen MR) is 94.8 cm³/mol. The summed E-state index contributed by atoms with van der Waals surface area (Å²) < 4.78 is 2.02. The maximum atomic E-state index is 10.0. The second-order valence-corrected chi connectivity index (χ2v) is 6.09. The van der Waals surface area contributed by atoms with Gasteiger partial charge in [0.1, 0.15) is 11.4 Å². The Bertz CT molecular complexity index is 1010. The van der Waals surface area contributed by atoms with Crippen molar-refractivity contribution in [1.29, 1.82) is 0 Å². The van der Waals surface area contributed by atoms with Gasteiger partial charge in [0, 0.05) is 17.0 Å². The lowest BCUT2D eigenvalue weighted by Crippen LogP contribution is -2.02. The van der Waals surface area contributed by atoms with Crippen LogP contribution in [0, 0.1) is 0 Å². The Morgan fingerprint density at radius 2 is 1.79 bits per heavy atom. The topological polar surface area (TPSA) is 66.7 Å². The Hall–Kier alpha value is -3.08. The fraction of sp³-hybridized carbons (Fsp3) is 0.158. The minimum absolute atomic E-state index is 0.216. The molecule has 0 aliphatic carbocycles. The molecule has 4 rings (SSSR count). The van der Waals surface area contributed by atoms with Crippen molar-refractivity contribution in [2.24, 2.45) is 0 Å². The molecular weight excluding hydrogens is 300 g/mol. The number of nitrogens with one attached hydrogen (secondary N) is 1. The zero-order valence-corrected chi connectivity index (χ0v) is 13.6. The number of phenols is 1. The highest BCUT2D eigenvalue weighted by molar-refractivity contribution is 5.93. The maximum absolute atomic E-state index is 10.0. The van der Waals surface area contributed by atoms with E-state index in [2.05, 4.69) is 36.2 Å². The second kappa shape index (κ2) is 5.53. The number of para-hydroxylation sites is 2. The average Bonchev–Trinajstić information content (AvgIpc) is 3.19. The van der Waals surface area contributed by atoms with Crippen molar-refractivity contribution >= 4 is 10.9 Å². The lowest BCUT2D eigenvalue weighted by molar-refractivity contribution is 0.477. The van der Waals surface area contributed by atoms with Gasteiger partial charge in [-0.25, -0.2) is 0 Å². The molecule has 2 N–H and O–H groups in total. The van der Waals surface area contributed by atoms with Crippen molar-refractivity contribution in [2.75, 3.05) is 0 Å². The number of fused-ring (bicyclic) bond motifs is 1. The monoisotopic (exact) mass is 318 g/mol. The molecule has 5 nitrogen and oxygen atoms in total. The molecular formula is C19H18N4O. The minimum Gasteiger partial charge on any atom is -0.507 e. The highest BCUT2D eigenvalue weighted by atomic mass is 16.3. The van der Waals surface area contributed by atoms with Crippen molar-refractivity contribution in [2.45, 2.75) is 19.9 Å². The van der Waals surface area contributed by atoms with Crippen molar-refractivity contribution in [1.82, 2.24) is 20.0 Å². The van der Waals surface area contributed by atoms with E-state index in [-0.39, 0.29) is 11.8 Å². The molecule has 0 unspecified atom stereocenters. The number of aromatic amines is 1. The summed E-state index contributed by atoms with van der Waals surface area (Å²) in [7, 11) is 0. The average molecular weight is 318 g/mol. The van der Waals surface area contributed by atoms with E-state index < -0.39 is 0 Å². The van der Waals surface area contributed by atoms with Crippen LogP contribution in [0.1, 0.15) is 19.9 Å². The Kier molecular flexibility index (Phi) is 3.34.